The van der Waals surface area contributed by atoms with Crippen molar-refractivity contribution < 1.29 is 19.4 Å². The number of aromatic hydroxyl groups is 1. The fourth-order valence-electron chi connectivity index (χ4n) is 2.97. The molecule has 8 heteroatoms. The summed E-state index contributed by atoms with van der Waals surface area (Å²) in [5, 5.41) is 17.4. The molecule has 1 atom stereocenters. The topological polar surface area (TPSA) is 100 Å². The lowest BCUT2D eigenvalue weighted by atomic mass is 10.0. The van der Waals surface area contributed by atoms with Gasteiger partial charge in [-0.3, -0.25) is 9.59 Å². The Bertz CT molecular complexity index is 1000. The number of hydrazone groups is 1. The molecule has 0 saturated carbocycles. The Hall–Kier alpha value is -3.32. The first-order valence-electron chi connectivity index (χ1n) is 10.3. The van der Waals surface area contributed by atoms with Crippen molar-refractivity contribution in [2.45, 2.75) is 33.2 Å². The van der Waals surface area contributed by atoms with Crippen LogP contribution in [0.1, 0.15) is 42.3 Å². The van der Waals surface area contributed by atoms with Crippen LogP contribution in [0.25, 0.3) is 0 Å². The molecule has 32 heavy (non-hydrogen) atoms. The number of ether oxygens (including phenoxy) is 1. The van der Waals surface area contributed by atoms with Gasteiger partial charge >= 0.3 is 0 Å². The highest BCUT2D eigenvalue weighted by molar-refractivity contribution is 6.31. The van der Waals surface area contributed by atoms with Gasteiger partial charge in [0.15, 0.2) is 11.5 Å². The SMILES string of the molecule is C=CCc1cc(C=NNC(=O)C(NC(=O)c2cccc(Cl)c2)C(C)C)cc(OCC)c1O. The number of amides is 2. The second kappa shape index (κ2) is 11.9. The summed E-state index contributed by atoms with van der Waals surface area (Å²) in [6, 6.07) is 9.05. The number of carbonyl (C=O) groups excluding carboxylic acids is 2. The number of phenols is 1. The summed E-state index contributed by atoms with van der Waals surface area (Å²) in [5.41, 5.74) is 4.09. The van der Waals surface area contributed by atoms with Crippen LogP contribution in [0.2, 0.25) is 5.02 Å². The van der Waals surface area contributed by atoms with Crippen LogP contribution < -0.4 is 15.5 Å². The van der Waals surface area contributed by atoms with Crippen LogP contribution in [-0.4, -0.2) is 35.8 Å². The minimum absolute atomic E-state index is 0.0523. The van der Waals surface area contributed by atoms with Crippen molar-refractivity contribution in [2.75, 3.05) is 6.61 Å². The number of phenolic OH excluding ortho intramolecular Hbond substituents is 1. The van der Waals surface area contributed by atoms with Gasteiger partial charge in [0.25, 0.3) is 11.8 Å². The fourth-order valence-corrected chi connectivity index (χ4v) is 3.16. The minimum Gasteiger partial charge on any atom is -0.504 e. The lowest BCUT2D eigenvalue weighted by molar-refractivity contribution is -0.123. The normalized spacial score (nSPS) is 11.9. The molecule has 0 aromatic heterocycles. The van der Waals surface area contributed by atoms with Gasteiger partial charge in [-0.25, -0.2) is 5.43 Å². The van der Waals surface area contributed by atoms with E-state index >= 15 is 0 Å². The van der Waals surface area contributed by atoms with Crippen molar-refractivity contribution in [2.24, 2.45) is 11.0 Å². The molecule has 170 valence electrons. The van der Waals surface area contributed by atoms with Crippen molar-refractivity contribution in [1.82, 2.24) is 10.7 Å². The van der Waals surface area contributed by atoms with Gasteiger partial charge in [-0.05, 0) is 55.2 Å². The van der Waals surface area contributed by atoms with Crippen molar-refractivity contribution in [3.63, 3.8) is 0 Å². The Morgan fingerprint density at radius 1 is 1.28 bits per heavy atom. The second-order valence-electron chi connectivity index (χ2n) is 7.39. The van der Waals surface area contributed by atoms with E-state index in [1.54, 1.807) is 36.4 Å². The number of hydrogen-bond donors (Lipinski definition) is 3. The number of carbonyl (C=O) groups is 2. The standard InChI is InChI=1S/C24H28ClN3O4/c1-5-8-17-11-16(12-20(22(17)29)32-6-2)14-26-28-24(31)21(15(3)4)27-23(30)18-9-7-10-19(25)13-18/h5,7,9-15,21,29H,1,6,8H2,2-4H3,(H,27,30)(H,28,31). The highest BCUT2D eigenvalue weighted by Gasteiger charge is 2.24. The summed E-state index contributed by atoms with van der Waals surface area (Å²) in [5.74, 6) is -0.656. The second-order valence-corrected chi connectivity index (χ2v) is 7.83. The van der Waals surface area contributed by atoms with Crippen LogP contribution in [0.5, 0.6) is 11.5 Å². The van der Waals surface area contributed by atoms with E-state index in [1.165, 1.54) is 12.3 Å². The monoisotopic (exact) mass is 457 g/mol. The number of rotatable bonds is 10. The molecule has 0 fully saturated rings. The third-order valence-electron chi connectivity index (χ3n) is 4.55. The maximum atomic E-state index is 12.7. The summed E-state index contributed by atoms with van der Waals surface area (Å²) < 4.78 is 5.47. The predicted octanol–water partition coefficient (Wildman–Crippen LogP) is 4.08. The van der Waals surface area contributed by atoms with Crippen LogP contribution in [0.3, 0.4) is 0 Å². The minimum atomic E-state index is -0.797. The van der Waals surface area contributed by atoms with Crippen LogP contribution in [0, 0.1) is 5.92 Å². The van der Waals surface area contributed by atoms with E-state index < -0.39 is 17.9 Å². The summed E-state index contributed by atoms with van der Waals surface area (Å²) in [6.07, 6.45) is 3.57. The summed E-state index contributed by atoms with van der Waals surface area (Å²) in [4.78, 5) is 25.2. The molecule has 1 unspecified atom stereocenters. The van der Waals surface area contributed by atoms with Crippen molar-refractivity contribution in [1.29, 1.82) is 0 Å². The van der Waals surface area contributed by atoms with Gasteiger partial charge in [0.2, 0.25) is 0 Å². The van der Waals surface area contributed by atoms with Crippen molar-refractivity contribution in [3.8, 4) is 11.5 Å². The number of halogens is 1. The highest BCUT2D eigenvalue weighted by Crippen LogP contribution is 2.31. The molecule has 0 radical (unpaired) electrons. The molecule has 2 aromatic rings. The Balaban J connectivity index is 2.12. The molecule has 0 bridgehead atoms. The third kappa shape index (κ3) is 6.85. The van der Waals surface area contributed by atoms with Crippen molar-refractivity contribution in [3.05, 3.63) is 70.8 Å². The van der Waals surface area contributed by atoms with Crippen LogP contribution in [-0.2, 0) is 11.2 Å². The van der Waals surface area contributed by atoms with Gasteiger partial charge < -0.3 is 15.2 Å². The molecular formula is C24H28ClN3O4. The van der Waals surface area contributed by atoms with E-state index in [9.17, 15) is 14.7 Å². The Morgan fingerprint density at radius 3 is 2.66 bits per heavy atom. The molecular weight excluding hydrogens is 430 g/mol. The van der Waals surface area contributed by atoms with E-state index in [2.05, 4.69) is 22.4 Å². The Labute approximate surface area is 193 Å². The molecule has 0 aliphatic carbocycles. The molecule has 7 nitrogen and oxygen atoms in total. The molecule has 2 rings (SSSR count). The molecule has 0 aliphatic heterocycles. The lowest BCUT2D eigenvalue weighted by Crippen LogP contribution is -2.48. The molecule has 0 spiro atoms. The number of nitrogens with one attached hydrogen (secondary N) is 2. The Morgan fingerprint density at radius 2 is 2.03 bits per heavy atom. The van der Waals surface area contributed by atoms with Gasteiger partial charge in [0, 0.05) is 16.1 Å². The summed E-state index contributed by atoms with van der Waals surface area (Å²) >= 11 is 5.94. The molecule has 3 N–H and O–H groups in total. The highest BCUT2D eigenvalue weighted by atomic mass is 35.5. The zero-order valence-electron chi connectivity index (χ0n) is 18.4. The first-order valence-corrected chi connectivity index (χ1v) is 10.6. The lowest BCUT2D eigenvalue weighted by Gasteiger charge is -2.20. The smallest absolute Gasteiger partial charge is 0.262 e. The maximum absolute atomic E-state index is 12.7. The molecule has 0 aliphatic rings. The van der Waals surface area contributed by atoms with Gasteiger partial charge in [-0.1, -0.05) is 37.6 Å². The summed E-state index contributed by atoms with van der Waals surface area (Å²) in [6.45, 7) is 9.54. The number of allylic oxidation sites excluding steroid dienone is 1. The molecule has 2 aromatic carbocycles. The van der Waals surface area contributed by atoms with Crippen LogP contribution >= 0.6 is 11.6 Å². The summed E-state index contributed by atoms with van der Waals surface area (Å²) in [7, 11) is 0. The average molecular weight is 458 g/mol. The van der Waals surface area contributed by atoms with E-state index in [4.69, 9.17) is 16.3 Å². The third-order valence-corrected chi connectivity index (χ3v) is 4.79. The first-order chi connectivity index (χ1) is 15.3. The predicted molar refractivity (Wildman–Crippen MR) is 126 cm³/mol. The molecule has 2 amide bonds. The quantitative estimate of drug-likeness (QED) is 0.284. The molecule has 0 heterocycles. The largest absolute Gasteiger partial charge is 0.504 e. The maximum Gasteiger partial charge on any atom is 0.262 e. The van der Waals surface area contributed by atoms with Gasteiger partial charge in [-0.15, -0.1) is 6.58 Å². The average Bonchev–Trinajstić information content (AvgIpc) is 2.75. The zero-order valence-corrected chi connectivity index (χ0v) is 19.1. The number of nitrogens with zero attached hydrogens (tertiary/aromatic N) is 1. The van der Waals surface area contributed by atoms with E-state index in [-0.39, 0.29) is 11.7 Å². The van der Waals surface area contributed by atoms with Crippen LogP contribution in [0.4, 0.5) is 0 Å². The van der Waals surface area contributed by atoms with E-state index in [1.807, 2.05) is 20.8 Å². The number of hydrogen-bond acceptors (Lipinski definition) is 5. The van der Waals surface area contributed by atoms with Gasteiger partial charge in [0.1, 0.15) is 6.04 Å². The van der Waals surface area contributed by atoms with E-state index in [0.717, 1.165) is 0 Å². The zero-order chi connectivity index (χ0) is 23.7. The van der Waals surface area contributed by atoms with Gasteiger partial charge in [0.05, 0.1) is 12.8 Å². The van der Waals surface area contributed by atoms with E-state index in [0.29, 0.717) is 40.5 Å². The van der Waals surface area contributed by atoms with Crippen LogP contribution in [0.15, 0.2) is 54.2 Å². The fraction of sp³-hybridized carbons (Fsp3) is 0.292. The Kier molecular flexibility index (Phi) is 9.28. The van der Waals surface area contributed by atoms with Gasteiger partial charge in [-0.2, -0.15) is 5.10 Å². The first kappa shape index (κ1) is 24.9. The van der Waals surface area contributed by atoms with Crippen molar-refractivity contribution >= 4 is 29.6 Å². The number of benzene rings is 2. The molecule has 0 saturated heterocycles.